The fourth-order valence-corrected chi connectivity index (χ4v) is 3.89. The van der Waals surface area contributed by atoms with Crippen molar-refractivity contribution in [2.45, 2.75) is 32.6 Å². The molecule has 7 nitrogen and oxygen atoms in total. The number of carbonyl (C=O) groups excluding carboxylic acids is 1. The predicted molar refractivity (Wildman–Crippen MR) is 112 cm³/mol. The van der Waals surface area contributed by atoms with E-state index in [0.29, 0.717) is 16.7 Å². The third-order valence-electron chi connectivity index (χ3n) is 5.45. The van der Waals surface area contributed by atoms with E-state index in [1.807, 2.05) is 19.1 Å². The van der Waals surface area contributed by atoms with Gasteiger partial charge in [-0.25, -0.2) is 4.63 Å². The Bertz CT molecular complexity index is 1340. The number of nitrogens with zero attached hydrogens (tertiary/aromatic N) is 2. The van der Waals surface area contributed by atoms with Gasteiger partial charge >= 0.3 is 0 Å². The number of hydrogen-bond donors (Lipinski definition) is 1. The first-order valence-corrected chi connectivity index (χ1v) is 9.89. The molecule has 30 heavy (non-hydrogen) atoms. The normalized spacial score (nSPS) is 13.2. The number of anilines is 1. The molecule has 0 spiro atoms. The first kappa shape index (κ1) is 18.3. The van der Waals surface area contributed by atoms with Gasteiger partial charge in [-0.1, -0.05) is 23.8 Å². The van der Waals surface area contributed by atoms with E-state index in [1.54, 1.807) is 12.1 Å². The van der Waals surface area contributed by atoms with Crippen molar-refractivity contribution in [3.63, 3.8) is 0 Å². The zero-order valence-electron chi connectivity index (χ0n) is 16.4. The van der Waals surface area contributed by atoms with E-state index in [-0.39, 0.29) is 17.0 Å². The van der Waals surface area contributed by atoms with Crippen LogP contribution in [0.3, 0.4) is 0 Å². The summed E-state index contributed by atoms with van der Waals surface area (Å²) < 4.78 is 10.5. The van der Waals surface area contributed by atoms with Crippen LogP contribution in [0.5, 0.6) is 0 Å². The van der Waals surface area contributed by atoms with Crippen LogP contribution in [0.25, 0.3) is 22.2 Å². The lowest BCUT2D eigenvalue weighted by molar-refractivity contribution is 0.0996. The Morgan fingerprint density at radius 1 is 1.00 bits per heavy atom. The van der Waals surface area contributed by atoms with Crippen molar-refractivity contribution in [3.8, 4) is 11.3 Å². The number of hydrogen-bond acceptors (Lipinski definition) is 6. The van der Waals surface area contributed by atoms with Gasteiger partial charge < -0.3 is 4.42 Å². The van der Waals surface area contributed by atoms with Gasteiger partial charge in [-0.2, -0.15) is 0 Å². The number of carbonyl (C=O) groups is 1. The summed E-state index contributed by atoms with van der Waals surface area (Å²) in [4.78, 5) is 25.1. The summed E-state index contributed by atoms with van der Waals surface area (Å²) in [6, 6.07) is 12.5. The molecule has 0 saturated carbocycles. The molecule has 0 fully saturated rings. The standard InChI is InChI=1S/C23H19N3O4/c1-13-6-9-19-17(10-13)18(27)12-20(29-19)23(28)24-22-21(25-30-26-22)16-8-7-14-4-2-3-5-15(14)11-16/h6-12H,2-5H2,1H3,(H,24,26,28). The average Bonchev–Trinajstić information content (AvgIpc) is 3.21. The van der Waals surface area contributed by atoms with Crippen LogP contribution in [-0.2, 0) is 12.8 Å². The molecule has 2 heterocycles. The first-order valence-electron chi connectivity index (χ1n) is 9.89. The fourth-order valence-electron chi connectivity index (χ4n) is 3.89. The van der Waals surface area contributed by atoms with Gasteiger partial charge in [-0.15, -0.1) is 0 Å². The Kier molecular flexibility index (Phi) is 4.43. The van der Waals surface area contributed by atoms with Crippen LogP contribution in [-0.4, -0.2) is 16.2 Å². The molecule has 5 rings (SSSR count). The smallest absolute Gasteiger partial charge is 0.292 e. The van der Waals surface area contributed by atoms with Crippen molar-refractivity contribution >= 4 is 22.7 Å². The van der Waals surface area contributed by atoms with Crippen LogP contribution >= 0.6 is 0 Å². The lowest BCUT2D eigenvalue weighted by Crippen LogP contribution is -2.15. The Labute approximate surface area is 171 Å². The van der Waals surface area contributed by atoms with Crippen molar-refractivity contribution in [1.82, 2.24) is 10.3 Å². The lowest BCUT2D eigenvalue weighted by atomic mass is 9.90. The molecule has 2 aromatic heterocycles. The maximum absolute atomic E-state index is 12.7. The van der Waals surface area contributed by atoms with Crippen LogP contribution in [0.2, 0.25) is 0 Å². The van der Waals surface area contributed by atoms with Crippen LogP contribution < -0.4 is 10.7 Å². The molecule has 1 amide bonds. The molecular weight excluding hydrogens is 382 g/mol. The molecule has 1 aliphatic carbocycles. The van der Waals surface area contributed by atoms with Crippen molar-refractivity contribution in [2.75, 3.05) is 5.32 Å². The number of amides is 1. The SMILES string of the molecule is Cc1ccc2oc(C(=O)Nc3nonc3-c3ccc4c(c3)CCCC4)cc(=O)c2c1. The van der Waals surface area contributed by atoms with E-state index in [1.165, 1.54) is 23.6 Å². The van der Waals surface area contributed by atoms with Crippen molar-refractivity contribution in [2.24, 2.45) is 0 Å². The second-order valence-corrected chi connectivity index (χ2v) is 7.58. The predicted octanol–water partition coefficient (Wildman–Crippen LogP) is 4.28. The largest absolute Gasteiger partial charge is 0.451 e. The molecule has 0 atom stereocenters. The van der Waals surface area contributed by atoms with Gasteiger partial charge in [0.2, 0.25) is 5.82 Å². The van der Waals surface area contributed by atoms with Crippen LogP contribution in [0.4, 0.5) is 5.82 Å². The number of aromatic nitrogens is 2. The summed E-state index contributed by atoms with van der Waals surface area (Å²) in [6.07, 6.45) is 4.47. The summed E-state index contributed by atoms with van der Waals surface area (Å²) in [7, 11) is 0. The van der Waals surface area contributed by atoms with Crippen LogP contribution in [0.15, 0.2) is 56.3 Å². The molecule has 7 heteroatoms. The quantitative estimate of drug-likeness (QED) is 0.550. The number of nitrogens with one attached hydrogen (secondary N) is 1. The molecule has 0 radical (unpaired) electrons. The van der Waals surface area contributed by atoms with E-state index in [2.05, 4.69) is 27.8 Å². The van der Waals surface area contributed by atoms with Gasteiger partial charge in [-0.3, -0.25) is 14.9 Å². The number of rotatable bonds is 3. The molecule has 0 bridgehead atoms. The summed E-state index contributed by atoms with van der Waals surface area (Å²) >= 11 is 0. The van der Waals surface area contributed by atoms with E-state index >= 15 is 0 Å². The Hall–Kier alpha value is -3.74. The topological polar surface area (TPSA) is 98.2 Å². The third kappa shape index (κ3) is 3.28. The monoisotopic (exact) mass is 401 g/mol. The minimum absolute atomic E-state index is 0.101. The fraction of sp³-hybridized carbons (Fsp3) is 0.217. The van der Waals surface area contributed by atoms with Crippen molar-refractivity contribution in [3.05, 3.63) is 75.1 Å². The van der Waals surface area contributed by atoms with Gasteiger partial charge in [-0.05, 0) is 72.2 Å². The maximum Gasteiger partial charge on any atom is 0.292 e. The lowest BCUT2D eigenvalue weighted by Gasteiger charge is -2.16. The minimum atomic E-state index is -0.593. The number of fused-ring (bicyclic) bond motifs is 2. The molecule has 4 aromatic rings. The highest BCUT2D eigenvalue weighted by molar-refractivity contribution is 6.04. The summed E-state index contributed by atoms with van der Waals surface area (Å²) in [6.45, 7) is 1.89. The third-order valence-corrected chi connectivity index (χ3v) is 5.45. The summed E-state index contributed by atoms with van der Waals surface area (Å²) in [5, 5.41) is 10.9. The maximum atomic E-state index is 12.7. The number of aryl methyl sites for hydroxylation is 3. The zero-order valence-corrected chi connectivity index (χ0v) is 16.4. The van der Waals surface area contributed by atoms with E-state index in [0.717, 1.165) is 30.4 Å². The molecule has 0 unspecified atom stereocenters. The van der Waals surface area contributed by atoms with Gasteiger partial charge in [0.25, 0.3) is 5.91 Å². The first-order chi connectivity index (χ1) is 14.6. The highest BCUT2D eigenvalue weighted by Crippen LogP contribution is 2.30. The van der Waals surface area contributed by atoms with Gasteiger partial charge in [0.15, 0.2) is 16.9 Å². The Morgan fingerprint density at radius 2 is 1.83 bits per heavy atom. The van der Waals surface area contributed by atoms with Crippen molar-refractivity contribution in [1.29, 1.82) is 0 Å². The highest BCUT2D eigenvalue weighted by Gasteiger charge is 2.20. The zero-order chi connectivity index (χ0) is 20.7. The summed E-state index contributed by atoms with van der Waals surface area (Å²) in [5.74, 6) is -0.511. The van der Waals surface area contributed by atoms with Gasteiger partial charge in [0, 0.05) is 11.6 Å². The molecule has 150 valence electrons. The van der Waals surface area contributed by atoms with Gasteiger partial charge in [0.1, 0.15) is 5.58 Å². The second-order valence-electron chi connectivity index (χ2n) is 7.58. The average molecular weight is 401 g/mol. The molecule has 2 aromatic carbocycles. The Morgan fingerprint density at radius 3 is 2.70 bits per heavy atom. The van der Waals surface area contributed by atoms with Crippen LogP contribution in [0, 0.1) is 6.92 Å². The molecular formula is C23H19N3O4. The second kappa shape index (κ2) is 7.26. The Balaban J connectivity index is 1.46. The van der Waals surface area contributed by atoms with Crippen molar-refractivity contribution < 1.29 is 13.8 Å². The minimum Gasteiger partial charge on any atom is -0.451 e. The van der Waals surface area contributed by atoms with Crippen LogP contribution in [0.1, 0.15) is 40.1 Å². The molecule has 1 N–H and O–H groups in total. The molecule has 0 aliphatic heterocycles. The highest BCUT2D eigenvalue weighted by atomic mass is 16.6. The molecule has 1 aliphatic rings. The van der Waals surface area contributed by atoms with E-state index < -0.39 is 5.91 Å². The van der Waals surface area contributed by atoms with E-state index in [9.17, 15) is 9.59 Å². The molecule has 0 saturated heterocycles. The van der Waals surface area contributed by atoms with E-state index in [4.69, 9.17) is 9.05 Å². The number of benzene rings is 2. The summed E-state index contributed by atoms with van der Waals surface area (Å²) in [5.41, 5.74) is 4.91. The van der Waals surface area contributed by atoms with Gasteiger partial charge in [0.05, 0.1) is 5.39 Å².